The molecule has 0 aromatic carbocycles. The molecular formula is C47H86NO7+. The molecule has 0 fully saturated rings. The Balaban J connectivity index is 4.31. The molecule has 0 saturated heterocycles. The highest BCUT2D eigenvalue weighted by molar-refractivity contribution is 5.72. The van der Waals surface area contributed by atoms with Crippen LogP contribution in [0, 0.1) is 0 Å². The van der Waals surface area contributed by atoms with Crippen LogP contribution in [0.3, 0.4) is 0 Å². The van der Waals surface area contributed by atoms with Crippen molar-refractivity contribution in [3.05, 3.63) is 36.5 Å². The number of likely N-dealkylation sites (N-methyl/N-ethyl adjacent to an activating group) is 1. The topological polar surface area (TPSA) is 99.1 Å². The number of carboxylic acid groups (broad SMARTS) is 1. The minimum Gasteiger partial charge on any atom is -0.477 e. The lowest BCUT2D eigenvalue weighted by molar-refractivity contribution is -0.887. The Kier molecular flexibility index (Phi) is 36.7. The summed E-state index contributed by atoms with van der Waals surface area (Å²) in [6.07, 6.45) is 43.3. The van der Waals surface area contributed by atoms with Gasteiger partial charge in [0.15, 0.2) is 12.1 Å². The summed E-state index contributed by atoms with van der Waals surface area (Å²) in [5.41, 5.74) is 0. The first-order chi connectivity index (χ1) is 26.6. The summed E-state index contributed by atoms with van der Waals surface area (Å²) < 4.78 is 17.3. The highest BCUT2D eigenvalue weighted by atomic mass is 16.6. The van der Waals surface area contributed by atoms with Crippen molar-refractivity contribution in [2.75, 3.05) is 41.0 Å². The molecule has 0 aliphatic heterocycles. The number of hydrogen-bond acceptors (Lipinski definition) is 6. The molecule has 0 aliphatic carbocycles. The molecule has 1 N–H and O–H groups in total. The summed E-state index contributed by atoms with van der Waals surface area (Å²) >= 11 is 0. The zero-order valence-electron chi connectivity index (χ0n) is 36.4. The molecule has 320 valence electrons. The van der Waals surface area contributed by atoms with Gasteiger partial charge in [0.1, 0.15) is 6.61 Å². The van der Waals surface area contributed by atoms with Gasteiger partial charge in [-0.3, -0.25) is 9.59 Å². The van der Waals surface area contributed by atoms with Crippen LogP contribution >= 0.6 is 0 Å². The molecule has 0 bridgehead atoms. The van der Waals surface area contributed by atoms with Crippen LogP contribution < -0.4 is 0 Å². The van der Waals surface area contributed by atoms with Gasteiger partial charge in [-0.15, -0.1) is 0 Å². The molecule has 2 atom stereocenters. The van der Waals surface area contributed by atoms with E-state index >= 15 is 0 Å². The molecule has 0 aromatic heterocycles. The number of allylic oxidation sites excluding steroid dienone is 6. The number of hydrogen-bond donors (Lipinski definition) is 1. The Morgan fingerprint density at radius 1 is 0.564 bits per heavy atom. The predicted octanol–water partition coefficient (Wildman–Crippen LogP) is 12.2. The molecule has 0 heterocycles. The van der Waals surface area contributed by atoms with Crippen molar-refractivity contribution in [2.24, 2.45) is 0 Å². The van der Waals surface area contributed by atoms with E-state index in [1.165, 1.54) is 96.3 Å². The van der Waals surface area contributed by atoms with Crippen molar-refractivity contribution >= 4 is 17.9 Å². The molecule has 8 heteroatoms. The Morgan fingerprint density at radius 2 is 1.02 bits per heavy atom. The van der Waals surface area contributed by atoms with E-state index in [1.54, 1.807) is 0 Å². The summed E-state index contributed by atoms with van der Waals surface area (Å²) in [5, 5.41) is 9.62. The highest BCUT2D eigenvalue weighted by Crippen LogP contribution is 2.16. The molecule has 0 radical (unpaired) electrons. The van der Waals surface area contributed by atoms with Crippen molar-refractivity contribution in [1.29, 1.82) is 0 Å². The average Bonchev–Trinajstić information content (AvgIpc) is 3.14. The number of esters is 2. The maximum absolute atomic E-state index is 12.7. The van der Waals surface area contributed by atoms with Crippen molar-refractivity contribution < 1.29 is 38.2 Å². The number of carbonyl (C=O) groups is 3. The van der Waals surface area contributed by atoms with Gasteiger partial charge in [0.2, 0.25) is 0 Å². The van der Waals surface area contributed by atoms with E-state index in [-0.39, 0.29) is 36.2 Å². The molecule has 0 amide bonds. The average molecular weight is 777 g/mol. The van der Waals surface area contributed by atoms with Crippen LogP contribution in [0.2, 0.25) is 0 Å². The smallest absolute Gasteiger partial charge is 0.362 e. The van der Waals surface area contributed by atoms with E-state index in [0.29, 0.717) is 19.3 Å². The zero-order chi connectivity index (χ0) is 40.7. The fourth-order valence-electron chi connectivity index (χ4n) is 6.62. The zero-order valence-corrected chi connectivity index (χ0v) is 36.4. The summed E-state index contributed by atoms with van der Waals surface area (Å²) in [5.74, 6) is -1.49. The number of nitrogens with zero attached hydrogens (tertiary/aromatic N) is 1. The van der Waals surface area contributed by atoms with E-state index < -0.39 is 18.1 Å². The Morgan fingerprint density at radius 3 is 1.49 bits per heavy atom. The Bertz CT molecular complexity index is 1000. The summed E-state index contributed by atoms with van der Waals surface area (Å²) in [6.45, 7) is 4.60. The molecule has 8 nitrogen and oxygen atoms in total. The SMILES string of the molecule is CC/C=C/C=C/C=C/CCCCCCCC(=O)OCC(COCCC(C(=O)O)[N+](C)(C)C)OC(=O)CCCCCCCCCCCCCCCCCCCC. The van der Waals surface area contributed by atoms with Gasteiger partial charge in [0.25, 0.3) is 0 Å². The molecule has 55 heavy (non-hydrogen) atoms. The van der Waals surface area contributed by atoms with Gasteiger partial charge in [-0.2, -0.15) is 0 Å². The lowest BCUT2D eigenvalue weighted by atomic mass is 10.0. The molecule has 2 unspecified atom stereocenters. The van der Waals surface area contributed by atoms with Gasteiger partial charge in [-0.1, -0.05) is 179 Å². The minimum absolute atomic E-state index is 0.0569. The van der Waals surface area contributed by atoms with Gasteiger partial charge in [0, 0.05) is 19.3 Å². The third kappa shape index (κ3) is 36.9. The Hall–Kier alpha value is -2.45. The largest absolute Gasteiger partial charge is 0.477 e. The number of carboxylic acids is 1. The lowest BCUT2D eigenvalue weighted by Crippen LogP contribution is -2.50. The molecule has 0 saturated carbocycles. The number of unbranched alkanes of at least 4 members (excludes halogenated alkanes) is 22. The van der Waals surface area contributed by atoms with E-state index in [0.717, 1.165) is 64.2 Å². The fraction of sp³-hybridized carbons (Fsp3) is 0.809. The molecule has 0 spiro atoms. The maximum Gasteiger partial charge on any atom is 0.362 e. The van der Waals surface area contributed by atoms with Crippen LogP contribution in [-0.2, 0) is 28.6 Å². The second-order valence-electron chi connectivity index (χ2n) is 16.3. The fourth-order valence-corrected chi connectivity index (χ4v) is 6.62. The molecular weight excluding hydrogens is 691 g/mol. The number of aliphatic carboxylic acids is 1. The lowest BCUT2D eigenvalue weighted by Gasteiger charge is -2.31. The van der Waals surface area contributed by atoms with Crippen molar-refractivity contribution in [2.45, 2.75) is 206 Å². The van der Waals surface area contributed by atoms with E-state index in [4.69, 9.17) is 14.2 Å². The van der Waals surface area contributed by atoms with Crippen LogP contribution in [0.4, 0.5) is 0 Å². The second kappa shape index (κ2) is 38.4. The standard InChI is InChI=1S/C47H85NO7/c1-6-8-10-12-14-16-18-20-21-22-23-24-26-28-30-32-34-36-38-46(50)55-43(41-53-40-39-44(47(51)52)48(3,4)5)42-54-45(49)37-35-33-31-29-27-25-19-17-15-13-11-9-7-2/h9,11,13,15,17,19,43-44H,6-8,10,12,14,16,18,20-42H2,1-5H3/p+1/b11-9+,15-13+,19-17+. The highest BCUT2D eigenvalue weighted by Gasteiger charge is 2.31. The minimum atomic E-state index is -0.877. The molecule has 0 aliphatic rings. The number of ether oxygens (including phenoxy) is 3. The van der Waals surface area contributed by atoms with Crippen LogP contribution in [0.15, 0.2) is 36.5 Å². The van der Waals surface area contributed by atoms with E-state index in [2.05, 4.69) is 44.2 Å². The summed E-state index contributed by atoms with van der Waals surface area (Å²) in [7, 11) is 5.52. The third-order valence-corrected chi connectivity index (χ3v) is 10.1. The second-order valence-corrected chi connectivity index (χ2v) is 16.3. The quantitative estimate of drug-likeness (QED) is 0.0286. The van der Waals surface area contributed by atoms with Gasteiger partial charge in [-0.25, -0.2) is 4.79 Å². The monoisotopic (exact) mass is 777 g/mol. The molecule has 0 aromatic rings. The van der Waals surface area contributed by atoms with Crippen LogP contribution in [0.1, 0.15) is 194 Å². The maximum atomic E-state index is 12.7. The Labute approximate surface area is 338 Å². The van der Waals surface area contributed by atoms with Crippen LogP contribution in [0.25, 0.3) is 0 Å². The van der Waals surface area contributed by atoms with Gasteiger partial charge in [-0.05, 0) is 32.1 Å². The van der Waals surface area contributed by atoms with Crippen LogP contribution in [-0.4, -0.2) is 80.6 Å². The first-order valence-corrected chi connectivity index (χ1v) is 22.6. The van der Waals surface area contributed by atoms with Crippen LogP contribution in [0.5, 0.6) is 0 Å². The predicted molar refractivity (Wildman–Crippen MR) is 229 cm³/mol. The normalized spacial score (nSPS) is 13.3. The number of carbonyl (C=O) groups excluding carboxylic acids is 2. The summed E-state index contributed by atoms with van der Waals surface area (Å²) in [4.78, 5) is 37.0. The molecule has 0 rings (SSSR count). The van der Waals surface area contributed by atoms with Gasteiger partial charge in [0.05, 0.1) is 34.4 Å². The van der Waals surface area contributed by atoms with Crippen molar-refractivity contribution in [1.82, 2.24) is 0 Å². The van der Waals surface area contributed by atoms with E-state index in [1.807, 2.05) is 27.2 Å². The number of quaternary nitrogens is 1. The van der Waals surface area contributed by atoms with Crippen molar-refractivity contribution in [3.8, 4) is 0 Å². The van der Waals surface area contributed by atoms with Gasteiger partial charge < -0.3 is 23.8 Å². The first-order valence-electron chi connectivity index (χ1n) is 22.6. The third-order valence-electron chi connectivity index (χ3n) is 10.1. The first kappa shape index (κ1) is 52.6. The summed E-state index contributed by atoms with van der Waals surface area (Å²) in [6, 6.07) is -0.616. The van der Waals surface area contributed by atoms with Crippen molar-refractivity contribution in [3.63, 3.8) is 0 Å². The van der Waals surface area contributed by atoms with Gasteiger partial charge >= 0.3 is 17.9 Å². The van der Waals surface area contributed by atoms with E-state index in [9.17, 15) is 19.5 Å². The number of rotatable bonds is 40.